The first kappa shape index (κ1) is 12.2. The zero-order valence-electron chi connectivity index (χ0n) is 8.62. The molecular formula is C9H13BrN2O3. The summed E-state index contributed by atoms with van der Waals surface area (Å²) in [6, 6.07) is -0.582. The van der Waals surface area contributed by atoms with Crippen molar-refractivity contribution in [2.45, 2.75) is 31.1 Å². The molecule has 0 radical (unpaired) electrons. The summed E-state index contributed by atoms with van der Waals surface area (Å²) in [6.07, 6.45) is 0.623. The minimum atomic E-state index is -0.582. The van der Waals surface area contributed by atoms with Gasteiger partial charge in [0.2, 0.25) is 17.7 Å². The molecule has 0 saturated carbocycles. The molecular weight excluding hydrogens is 264 g/mol. The lowest BCUT2D eigenvalue weighted by Crippen LogP contribution is -2.59. The summed E-state index contributed by atoms with van der Waals surface area (Å²) in [7, 11) is 0. The van der Waals surface area contributed by atoms with E-state index in [4.69, 9.17) is 0 Å². The van der Waals surface area contributed by atoms with E-state index >= 15 is 0 Å². The maximum atomic E-state index is 11.8. The van der Waals surface area contributed by atoms with Gasteiger partial charge in [0.15, 0.2) is 0 Å². The van der Waals surface area contributed by atoms with Crippen LogP contribution in [0.1, 0.15) is 20.3 Å². The first-order valence-corrected chi connectivity index (χ1v) is 5.67. The zero-order chi connectivity index (χ0) is 11.6. The average molecular weight is 277 g/mol. The Labute approximate surface area is 96.3 Å². The number of hydrogen-bond acceptors (Lipinski definition) is 3. The predicted octanol–water partition coefficient (Wildman–Crippen LogP) is 0.0334. The highest BCUT2D eigenvalue weighted by molar-refractivity contribution is 9.10. The van der Waals surface area contributed by atoms with Crippen LogP contribution < -0.4 is 5.32 Å². The van der Waals surface area contributed by atoms with Crippen molar-refractivity contribution in [2.24, 2.45) is 0 Å². The molecule has 84 valence electrons. The van der Waals surface area contributed by atoms with Crippen molar-refractivity contribution < 1.29 is 14.4 Å². The van der Waals surface area contributed by atoms with Crippen LogP contribution in [0.25, 0.3) is 0 Å². The maximum Gasteiger partial charge on any atom is 0.249 e. The van der Waals surface area contributed by atoms with Gasteiger partial charge in [-0.25, -0.2) is 0 Å². The van der Waals surface area contributed by atoms with Crippen LogP contribution in [0.5, 0.6) is 0 Å². The van der Waals surface area contributed by atoms with Crippen molar-refractivity contribution in [1.29, 1.82) is 0 Å². The molecule has 1 N–H and O–H groups in total. The fourth-order valence-electron chi connectivity index (χ4n) is 1.34. The molecule has 0 bridgehead atoms. The standard InChI is InChI=1S/C9H13BrN2O3/c1-3-6(10)9(15)12-4-7(13)11-8(14)5(12)2/h5-6H,3-4H2,1-2H3,(H,11,13,14). The van der Waals surface area contributed by atoms with E-state index in [0.29, 0.717) is 6.42 Å². The summed E-state index contributed by atoms with van der Waals surface area (Å²) < 4.78 is 0. The second-order valence-electron chi connectivity index (χ2n) is 3.43. The molecule has 15 heavy (non-hydrogen) atoms. The zero-order valence-corrected chi connectivity index (χ0v) is 10.2. The van der Waals surface area contributed by atoms with Crippen LogP contribution in [0, 0.1) is 0 Å². The number of nitrogens with zero attached hydrogens (tertiary/aromatic N) is 1. The Balaban J connectivity index is 2.79. The molecule has 1 aliphatic rings. The number of piperazine rings is 1. The SMILES string of the molecule is CCC(Br)C(=O)N1CC(=O)NC(=O)C1C. The fraction of sp³-hybridized carbons (Fsp3) is 0.667. The van der Waals surface area contributed by atoms with Crippen molar-refractivity contribution in [3.05, 3.63) is 0 Å². The summed E-state index contributed by atoms with van der Waals surface area (Å²) in [5.41, 5.74) is 0. The van der Waals surface area contributed by atoms with Gasteiger partial charge in [-0.15, -0.1) is 0 Å². The molecule has 1 aliphatic heterocycles. The quantitative estimate of drug-likeness (QED) is 0.572. The van der Waals surface area contributed by atoms with Crippen LogP contribution >= 0.6 is 15.9 Å². The fourth-order valence-corrected chi connectivity index (χ4v) is 1.60. The molecule has 2 unspecified atom stereocenters. The smallest absolute Gasteiger partial charge is 0.249 e. The van der Waals surface area contributed by atoms with Gasteiger partial charge in [0, 0.05) is 0 Å². The highest BCUT2D eigenvalue weighted by atomic mass is 79.9. The number of alkyl halides is 1. The molecule has 0 aromatic rings. The van der Waals surface area contributed by atoms with Gasteiger partial charge < -0.3 is 4.90 Å². The number of carbonyl (C=O) groups excluding carboxylic acids is 3. The van der Waals surface area contributed by atoms with Crippen LogP contribution in [0.4, 0.5) is 0 Å². The normalized spacial score (nSPS) is 23.7. The largest absolute Gasteiger partial charge is 0.321 e. The summed E-state index contributed by atoms with van der Waals surface area (Å²) in [4.78, 5) is 35.1. The van der Waals surface area contributed by atoms with Crippen LogP contribution in [-0.2, 0) is 14.4 Å². The van der Waals surface area contributed by atoms with Crippen molar-refractivity contribution in [3.63, 3.8) is 0 Å². The molecule has 0 aromatic carbocycles. The van der Waals surface area contributed by atoms with Gasteiger partial charge in [-0.2, -0.15) is 0 Å². The molecule has 1 rings (SSSR count). The lowest BCUT2D eigenvalue weighted by atomic mass is 10.1. The van der Waals surface area contributed by atoms with E-state index in [1.54, 1.807) is 6.92 Å². The Morgan fingerprint density at radius 2 is 2.27 bits per heavy atom. The third kappa shape index (κ3) is 2.56. The summed E-state index contributed by atoms with van der Waals surface area (Å²) in [5, 5.41) is 2.18. The molecule has 6 heteroatoms. The Hall–Kier alpha value is -0.910. The molecule has 5 nitrogen and oxygen atoms in total. The Morgan fingerprint density at radius 3 is 2.80 bits per heavy atom. The van der Waals surface area contributed by atoms with Gasteiger partial charge in [-0.1, -0.05) is 22.9 Å². The van der Waals surface area contributed by atoms with Crippen LogP contribution in [-0.4, -0.2) is 40.0 Å². The number of imide groups is 1. The minimum absolute atomic E-state index is 0.0478. The molecule has 0 aromatic heterocycles. The third-order valence-corrected chi connectivity index (χ3v) is 3.37. The van der Waals surface area contributed by atoms with E-state index in [-0.39, 0.29) is 17.3 Å². The van der Waals surface area contributed by atoms with Crippen LogP contribution in [0.2, 0.25) is 0 Å². The molecule has 3 amide bonds. The molecule has 1 saturated heterocycles. The van der Waals surface area contributed by atoms with E-state index in [0.717, 1.165) is 0 Å². The number of halogens is 1. The first-order valence-electron chi connectivity index (χ1n) is 4.75. The van der Waals surface area contributed by atoms with Gasteiger partial charge in [0.1, 0.15) is 12.6 Å². The summed E-state index contributed by atoms with van der Waals surface area (Å²) in [6.45, 7) is 3.41. The van der Waals surface area contributed by atoms with Gasteiger partial charge in [0.25, 0.3) is 0 Å². The highest BCUT2D eigenvalue weighted by Gasteiger charge is 2.35. The topological polar surface area (TPSA) is 66.5 Å². The number of carbonyl (C=O) groups is 3. The number of rotatable bonds is 2. The Morgan fingerprint density at radius 1 is 1.67 bits per heavy atom. The van der Waals surface area contributed by atoms with Crippen molar-refractivity contribution in [2.75, 3.05) is 6.54 Å². The van der Waals surface area contributed by atoms with E-state index in [1.165, 1.54) is 4.90 Å². The molecule has 2 atom stereocenters. The van der Waals surface area contributed by atoms with Gasteiger partial charge in [-0.3, -0.25) is 19.7 Å². The van der Waals surface area contributed by atoms with Crippen LogP contribution in [0.15, 0.2) is 0 Å². The Kier molecular flexibility index (Phi) is 3.84. The van der Waals surface area contributed by atoms with Crippen molar-refractivity contribution >= 4 is 33.7 Å². The van der Waals surface area contributed by atoms with E-state index in [9.17, 15) is 14.4 Å². The molecule has 1 heterocycles. The summed E-state index contributed by atoms with van der Waals surface area (Å²) in [5.74, 6) is -1.06. The molecule has 0 aliphatic carbocycles. The van der Waals surface area contributed by atoms with E-state index in [1.807, 2.05) is 6.92 Å². The Bertz CT molecular complexity index is 306. The highest BCUT2D eigenvalue weighted by Crippen LogP contribution is 2.13. The first-order chi connectivity index (χ1) is 6.97. The number of nitrogens with one attached hydrogen (secondary N) is 1. The van der Waals surface area contributed by atoms with Gasteiger partial charge in [0.05, 0.1) is 4.83 Å². The van der Waals surface area contributed by atoms with Gasteiger partial charge in [-0.05, 0) is 13.3 Å². The number of hydrogen-bond donors (Lipinski definition) is 1. The van der Waals surface area contributed by atoms with Crippen LogP contribution in [0.3, 0.4) is 0 Å². The average Bonchev–Trinajstić information content (AvgIpc) is 2.21. The van der Waals surface area contributed by atoms with Crippen molar-refractivity contribution in [1.82, 2.24) is 10.2 Å². The van der Waals surface area contributed by atoms with E-state index in [2.05, 4.69) is 21.2 Å². The minimum Gasteiger partial charge on any atom is -0.321 e. The third-order valence-electron chi connectivity index (χ3n) is 2.33. The monoisotopic (exact) mass is 276 g/mol. The second kappa shape index (κ2) is 4.74. The predicted molar refractivity (Wildman–Crippen MR) is 57.3 cm³/mol. The molecule has 1 fully saturated rings. The number of amides is 3. The second-order valence-corrected chi connectivity index (χ2v) is 4.54. The lowest BCUT2D eigenvalue weighted by molar-refractivity contribution is -0.149. The lowest BCUT2D eigenvalue weighted by Gasteiger charge is -2.32. The summed E-state index contributed by atoms with van der Waals surface area (Å²) >= 11 is 3.21. The van der Waals surface area contributed by atoms with Crippen molar-refractivity contribution in [3.8, 4) is 0 Å². The molecule has 0 spiro atoms. The van der Waals surface area contributed by atoms with E-state index < -0.39 is 17.9 Å². The maximum absolute atomic E-state index is 11.8. The van der Waals surface area contributed by atoms with Gasteiger partial charge >= 0.3 is 0 Å².